The summed E-state index contributed by atoms with van der Waals surface area (Å²) in [5.41, 5.74) is 5.93. The van der Waals surface area contributed by atoms with Gasteiger partial charge >= 0.3 is 0 Å². The largest absolute Gasteiger partial charge is 0.346 e. The van der Waals surface area contributed by atoms with Gasteiger partial charge in [0.1, 0.15) is 0 Å². The predicted molar refractivity (Wildman–Crippen MR) is 90.4 cm³/mol. The summed E-state index contributed by atoms with van der Waals surface area (Å²) in [5.74, 6) is 0.419. The molecule has 0 aromatic carbocycles. The maximum absolute atomic E-state index is 11.9. The summed E-state index contributed by atoms with van der Waals surface area (Å²) in [7, 11) is -1.43. The van der Waals surface area contributed by atoms with E-state index in [0.717, 1.165) is 6.42 Å². The second kappa shape index (κ2) is 10.4. The van der Waals surface area contributed by atoms with Gasteiger partial charge in [0.25, 0.3) is 0 Å². The highest BCUT2D eigenvalue weighted by molar-refractivity contribution is 7.91. The molecule has 0 aliphatic carbocycles. The number of nitrogens with zero attached hydrogens (tertiary/aromatic N) is 1. The topological polar surface area (TPSA) is 80.5 Å². The van der Waals surface area contributed by atoms with Crippen molar-refractivity contribution in [3.63, 3.8) is 0 Å². The lowest BCUT2D eigenvalue weighted by atomic mass is 10.0. The van der Waals surface area contributed by atoms with Gasteiger partial charge in [0.05, 0.1) is 11.5 Å². The summed E-state index contributed by atoms with van der Waals surface area (Å²) in [5, 5.41) is 0. The van der Waals surface area contributed by atoms with Crippen molar-refractivity contribution in [1.29, 1.82) is 0 Å². The second-order valence-corrected chi connectivity index (χ2v) is 8.50. The van der Waals surface area contributed by atoms with Gasteiger partial charge in [-0.25, -0.2) is 8.42 Å². The van der Waals surface area contributed by atoms with Gasteiger partial charge in [-0.15, -0.1) is 12.4 Å². The van der Waals surface area contributed by atoms with Crippen LogP contribution in [0.3, 0.4) is 0 Å². The van der Waals surface area contributed by atoms with Crippen molar-refractivity contribution in [3.05, 3.63) is 0 Å². The number of halogens is 1. The van der Waals surface area contributed by atoms with Crippen LogP contribution in [0.15, 0.2) is 0 Å². The van der Waals surface area contributed by atoms with E-state index in [1.165, 1.54) is 0 Å². The first-order valence-corrected chi connectivity index (χ1v) is 9.07. The average Bonchev–Trinajstić information content (AvgIpc) is 2.30. The Morgan fingerprint density at radius 1 is 1.19 bits per heavy atom. The molecule has 0 aliphatic rings. The highest BCUT2D eigenvalue weighted by Gasteiger charge is 2.18. The van der Waals surface area contributed by atoms with E-state index < -0.39 is 9.84 Å². The van der Waals surface area contributed by atoms with E-state index in [1.54, 1.807) is 11.9 Å². The molecule has 128 valence electrons. The number of rotatable bonds is 9. The molecule has 0 heterocycles. The van der Waals surface area contributed by atoms with Crippen LogP contribution < -0.4 is 5.73 Å². The Morgan fingerprint density at radius 2 is 1.71 bits per heavy atom. The maximum atomic E-state index is 11.9. The molecule has 0 saturated carbocycles. The van der Waals surface area contributed by atoms with Crippen molar-refractivity contribution in [1.82, 2.24) is 4.90 Å². The molecule has 0 aliphatic heterocycles. The molecule has 0 fully saturated rings. The quantitative estimate of drug-likeness (QED) is 0.691. The number of carbonyl (C=O) groups is 1. The van der Waals surface area contributed by atoms with Crippen molar-refractivity contribution < 1.29 is 13.2 Å². The van der Waals surface area contributed by atoms with Crippen LogP contribution in [0.5, 0.6) is 0 Å². The highest BCUT2D eigenvalue weighted by atomic mass is 35.5. The summed E-state index contributed by atoms with van der Waals surface area (Å²) in [6.45, 7) is 8.38. The SMILES string of the molecule is CC(C)CS(=O)(=O)CCC(=O)N(C)CCC(N)C(C)C.Cl. The third-order valence-electron chi connectivity index (χ3n) is 3.29. The molecule has 0 spiro atoms. The summed E-state index contributed by atoms with van der Waals surface area (Å²) >= 11 is 0. The molecule has 5 nitrogen and oxygen atoms in total. The van der Waals surface area contributed by atoms with Gasteiger partial charge in [-0.05, 0) is 18.3 Å². The van der Waals surface area contributed by atoms with Crippen LogP contribution in [-0.4, -0.2) is 50.4 Å². The third kappa shape index (κ3) is 11.0. The molecule has 0 aromatic rings. The fourth-order valence-electron chi connectivity index (χ4n) is 1.83. The van der Waals surface area contributed by atoms with Crippen LogP contribution in [0.4, 0.5) is 0 Å². The molecule has 0 rings (SSSR count). The average molecular weight is 343 g/mol. The highest BCUT2D eigenvalue weighted by Crippen LogP contribution is 2.06. The van der Waals surface area contributed by atoms with Crippen LogP contribution >= 0.6 is 12.4 Å². The maximum Gasteiger partial charge on any atom is 0.223 e. The standard InChI is InChI=1S/C14H30N2O3S.ClH/c1-11(2)10-20(18,19)9-7-14(17)16(5)8-6-13(15)12(3)4;/h11-13H,6-10,15H2,1-5H3;1H. The Labute approximate surface area is 136 Å². The van der Waals surface area contributed by atoms with E-state index in [0.29, 0.717) is 12.5 Å². The Balaban J connectivity index is 0. The molecular formula is C14H31ClN2O3S. The zero-order valence-electron chi connectivity index (χ0n) is 13.8. The van der Waals surface area contributed by atoms with Gasteiger partial charge in [-0.1, -0.05) is 27.7 Å². The van der Waals surface area contributed by atoms with Crippen LogP contribution in [0, 0.1) is 11.8 Å². The fraction of sp³-hybridized carbons (Fsp3) is 0.929. The molecule has 0 radical (unpaired) electrons. The van der Waals surface area contributed by atoms with E-state index in [2.05, 4.69) is 0 Å². The van der Waals surface area contributed by atoms with Gasteiger partial charge in [-0.3, -0.25) is 4.79 Å². The van der Waals surface area contributed by atoms with Gasteiger partial charge < -0.3 is 10.6 Å². The number of nitrogens with two attached hydrogens (primary N) is 1. The first-order valence-electron chi connectivity index (χ1n) is 7.25. The van der Waals surface area contributed by atoms with Crippen molar-refractivity contribution in [3.8, 4) is 0 Å². The number of carbonyl (C=O) groups excluding carboxylic acids is 1. The van der Waals surface area contributed by atoms with E-state index in [-0.39, 0.29) is 48.2 Å². The lowest BCUT2D eigenvalue weighted by Gasteiger charge is -2.21. The van der Waals surface area contributed by atoms with Crippen LogP contribution in [0.1, 0.15) is 40.5 Å². The van der Waals surface area contributed by atoms with Gasteiger partial charge in [0.15, 0.2) is 9.84 Å². The number of hydrogen-bond donors (Lipinski definition) is 1. The molecular weight excluding hydrogens is 312 g/mol. The van der Waals surface area contributed by atoms with Crippen molar-refractivity contribution in [2.75, 3.05) is 25.1 Å². The molecule has 1 amide bonds. The summed E-state index contributed by atoms with van der Waals surface area (Å²) in [6, 6.07) is 0.0647. The van der Waals surface area contributed by atoms with Crippen LogP contribution in [0.2, 0.25) is 0 Å². The molecule has 0 bridgehead atoms. The smallest absolute Gasteiger partial charge is 0.223 e. The first-order chi connectivity index (χ1) is 9.05. The number of sulfone groups is 1. The molecule has 1 atom stereocenters. The van der Waals surface area contributed by atoms with Crippen molar-refractivity contribution >= 4 is 28.2 Å². The Morgan fingerprint density at radius 3 is 2.14 bits per heavy atom. The second-order valence-electron chi connectivity index (χ2n) is 6.27. The van der Waals surface area contributed by atoms with Gasteiger partial charge in [0.2, 0.25) is 5.91 Å². The molecule has 7 heteroatoms. The van der Waals surface area contributed by atoms with E-state index in [9.17, 15) is 13.2 Å². The minimum Gasteiger partial charge on any atom is -0.346 e. The predicted octanol–water partition coefficient (Wildman–Crippen LogP) is 1.70. The lowest BCUT2D eigenvalue weighted by Crippen LogP contribution is -2.35. The monoisotopic (exact) mass is 342 g/mol. The first kappa shape index (κ1) is 22.9. The van der Waals surface area contributed by atoms with Crippen molar-refractivity contribution in [2.24, 2.45) is 17.6 Å². The number of amides is 1. The molecule has 0 aromatic heterocycles. The Kier molecular flexibility index (Phi) is 11.4. The summed E-state index contributed by atoms with van der Waals surface area (Å²) < 4.78 is 23.5. The molecule has 21 heavy (non-hydrogen) atoms. The lowest BCUT2D eigenvalue weighted by molar-refractivity contribution is -0.129. The minimum atomic E-state index is -3.13. The Hall–Kier alpha value is -0.330. The third-order valence-corrected chi connectivity index (χ3v) is 5.29. The molecule has 0 saturated heterocycles. The summed E-state index contributed by atoms with van der Waals surface area (Å²) in [4.78, 5) is 13.5. The van der Waals surface area contributed by atoms with E-state index in [1.807, 2.05) is 27.7 Å². The van der Waals surface area contributed by atoms with Crippen molar-refractivity contribution in [2.45, 2.75) is 46.6 Å². The van der Waals surface area contributed by atoms with Crippen LogP contribution in [0.25, 0.3) is 0 Å². The minimum absolute atomic E-state index is 0. The van der Waals surface area contributed by atoms with E-state index >= 15 is 0 Å². The fourth-order valence-corrected chi connectivity index (χ4v) is 3.49. The molecule has 2 N–H and O–H groups in total. The summed E-state index contributed by atoms with van der Waals surface area (Å²) in [6.07, 6.45) is 0.793. The van der Waals surface area contributed by atoms with Crippen LogP contribution in [-0.2, 0) is 14.6 Å². The zero-order chi connectivity index (χ0) is 15.9. The number of hydrogen-bond acceptors (Lipinski definition) is 4. The van der Waals surface area contributed by atoms with E-state index in [4.69, 9.17) is 5.73 Å². The van der Waals surface area contributed by atoms with Gasteiger partial charge in [-0.2, -0.15) is 0 Å². The zero-order valence-corrected chi connectivity index (χ0v) is 15.5. The molecule has 1 unspecified atom stereocenters. The normalized spacial score (nSPS) is 13.1. The van der Waals surface area contributed by atoms with Gasteiger partial charge in [0, 0.05) is 26.1 Å². The Bertz CT molecular complexity index is 397.